The van der Waals surface area contributed by atoms with Crippen LogP contribution in [0.2, 0.25) is 5.02 Å². The molecule has 1 aromatic heterocycles. The fourth-order valence-corrected chi connectivity index (χ4v) is 1.53. The molecule has 6 nitrogen and oxygen atoms in total. The monoisotopic (exact) mass is 265 g/mol. The summed E-state index contributed by atoms with van der Waals surface area (Å²) in [5.74, 6) is -1.67. The number of hydrogen-bond donors (Lipinski definition) is 3. The number of carboxylic acid groups (broad SMARTS) is 1. The Morgan fingerprint density at radius 3 is 2.50 bits per heavy atom. The molecule has 1 amide bonds. The first-order chi connectivity index (χ1) is 8.59. The molecule has 7 heteroatoms. The van der Waals surface area contributed by atoms with Gasteiger partial charge < -0.3 is 10.4 Å². The van der Waals surface area contributed by atoms with E-state index in [1.807, 2.05) is 0 Å². The highest BCUT2D eigenvalue weighted by Crippen LogP contribution is 2.23. The van der Waals surface area contributed by atoms with Crippen molar-refractivity contribution in [3.05, 3.63) is 46.6 Å². The molecule has 0 aliphatic heterocycles. The molecule has 0 aliphatic carbocycles. The number of aromatic nitrogens is 2. The lowest BCUT2D eigenvalue weighted by Crippen LogP contribution is -2.12. The third kappa shape index (κ3) is 2.33. The van der Waals surface area contributed by atoms with Gasteiger partial charge in [0.1, 0.15) is 5.02 Å². The average molecular weight is 266 g/mol. The Morgan fingerprint density at radius 2 is 1.94 bits per heavy atom. The molecule has 0 aliphatic rings. The fourth-order valence-electron chi connectivity index (χ4n) is 1.32. The molecule has 0 bridgehead atoms. The topological polar surface area (TPSA) is 95.1 Å². The zero-order valence-corrected chi connectivity index (χ0v) is 9.73. The van der Waals surface area contributed by atoms with E-state index in [0.717, 1.165) is 0 Å². The van der Waals surface area contributed by atoms with Gasteiger partial charge in [-0.05, 0) is 12.1 Å². The Labute approximate surface area is 107 Å². The lowest BCUT2D eigenvalue weighted by atomic mass is 10.2. The van der Waals surface area contributed by atoms with E-state index in [1.54, 1.807) is 30.3 Å². The number of rotatable bonds is 3. The van der Waals surface area contributed by atoms with Crippen molar-refractivity contribution in [2.75, 3.05) is 5.32 Å². The van der Waals surface area contributed by atoms with E-state index in [9.17, 15) is 9.59 Å². The highest BCUT2D eigenvalue weighted by molar-refractivity contribution is 6.36. The Balaban J connectivity index is 2.20. The van der Waals surface area contributed by atoms with E-state index < -0.39 is 11.9 Å². The fraction of sp³-hybridized carbons (Fsp3) is 0. The molecule has 0 radical (unpaired) electrons. The summed E-state index contributed by atoms with van der Waals surface area (Å²) in [6.07, 6.45) is 0. The number of nitrogens with zero attached hydrogens (tertiary/aromatic N) is 1. The lowest BCUT2D eigenvalue weighted by Gasteiger charge is -2.01. The number of anilines is 1. The van der Waals surface area contributed by atoms with E-state index in [1.165, 1.54) is 0 Å². The van der Waals surface area contributed by atoms with Crippen LogP contribution in [0.4, 0.5) is 5.82 Å². The number of hydrogen-bond acceptors (Lipinski definition) is 3. The van der Waals surface area contributed by atoms with E-state index in [4.69, 9.17) is 16.7 Å². The van der Waals surface area contributed by atoms with Crippen LogP contribution in [0.3, 0.4) is 0 Å². The van der Waals surface area contributed by atoms with Crippen LogP contribution in [0.5, 0.6) is 0 Å². The van der Waals surface area contributed by atoms with Crippen molar-refractivity contribution in [3.8, 4) is 0 Å². The van der Waals surface area contributed by atoms with Crippen molar-refractivity contribution < 1.29 is 14.7 Å². The average Bonchev–Trinajstić information content (AvgIpc) is 2.72. The van der Waals surface area contributed by atoms with Crippen molar-refractivity contribution in [2.45, 2.75) is 0 Å². The van der Waals surface area contributed by atoms with E-state index in [-0.39, 0.29) is 16.5 Å². The molecule has 0 saturated heterocycles. The second-order valence-corrected chi connectivity index (χ2v) is 3.76. The molecular formula is C11H8ClN3O3. The van der Waals surface area contributed by atoms with Gasteiger partial charge in [-0.1, -0.05) is 29.8 Å². The first kappa shape index (κ1) is 12.1. The molecular weight excluding hydrogens is 258 g/mol. The second kappa shape index (κ2) is 4.89. The van der Waals surface area contributed by atoms with Crippen molar-refractivity contribution in [2.24, 2.45) is 0 Å². The quantitative estimate of drug-likeness (QED) is 0.791. The summed E-state index contributed by atoms with van der Waals surface area (Å²) in [4.78, 5) is 22.5. The molecule has 0 fully saturated rings. The van der Waals surface area contributed by atoms with Crippen molar-refractivity contribution in [1.82, 2.24) is 10.2 Å². The predicted molar refractivity (Wildman–Crippen MR) is 65.0 cm³/mol. The van der Waals surface area contributed by atoms with Crippen molar-refractivity contribution >= 4 is 29.3 Å². The van der Waals surface area contributed by atoms with Gasteiger partial charge >= 0.3 is 5.97 Å². The van der Waals surface area contributed by atoms with Gasteiger partial charge in [-0.15, -0.1) is 0 Å². The molecule has 0 spiro atoms. The Bertz CT molecular complexity index is 595. The first-order valence-corrected chi connectivity index (χ1v) is 5.31. The van der Waals surface area contributed by atoms with Gasteiger partial charge in [0.2, 0.25) is 0 Å². The van der Waals surface area contributed by atoms with Crippen molar-refractivity contribution in [1.29, 1.82) is 0 Å². The van der Waals surface area contributed by atoms with E-state index in [2.05, 4.69) is 15.5 Å². The minimum atomic E-state index is -1.24. The maximum absolute atomic E-state index is 11.8. The van der Waals surface area contributed by atoms with E-state index in [0.29, 0.717) is 5.56 Å². The number of halogens is 1. The van der Waals surface area contributed by atoms with Crippen LogP contribution in [-0.4, -0.2) is 27.2 Å². The summed E-state index contributed by atoms with van der Waals surface area (Å²) < 4.78 is 0. The van der Waals surface area contributed by atoms with Crippen molar-refractivity contribution in [3.63, 3.8) is 0 Å². The molecule has 1 heterocycles. The number of H-pyrrole nitrogens is 1. The summed E-state index contributed by atoms with van der Waals surface area (Å²) in [6.45, 7) is 0. The van der Waals surface area contributed by atoms with Gasteiger partial charge in [-0.2, -0.15) is 5.10 Å². The van der Waals surface area contributed by atoms with Gasteiger partial charge in [0.25, 0.3) is 5.91 Å². The first-order valence-electron chi connectivity index (χ1n) is 4.93. The highest BCUT2D eigenvalue weighted by Gasteiger charge is 2.18. The highest BCUT2D eigenvalue weighted by atomic mass is 35.5. The van der Waals surface area contributed by atoms with Crippen LogP contribution in [-0.2, 0) is 0 Å². The minimum absolute atomic E-state index is 0.0112. The summed E-state index contributed by atoms with van der Waals surface area (Å²) >= 11 is 5.76. The molecule has 3 N–H and O–H groups in total. The zero-order chi connectivity index (χ0) is 13.1. The number of carbonyl (C=O) groups excluding carboxylic acids is 1. The standard InChI is InChI=1S/C11H8ClN3O3/c12-7-8(11(17)18)14-15-9(7)13-10(16)6-4-2-1-3-5-6/h1-5H,(H,17,18)(H2,13,14,15,16). The number of aromatic carboxylic acids is 1. The lowest BCUT2D eigenvalue weighted by molar-refractivity contribution is 0.0690. The van der Waals surface area contributed by atoms with Crippen LogP contribution in [0.25, 0.3) is 0 Å². The summed E-state index contributed by atoms with van der Waals surface area (Å²) in [6, 6.07) is 8.44. The molecule has 1 aromatic carbocycles. The largest absolute Gasteiger partial charge is 0.476 e. The summed E-state index contributed by atoms with van der Waals surface area (Å²) in [7, 11) is 0. The minimum Gasteiger partial charge on any atom is -0.476 e. The summed E-state index contributed by atoms with van der Waals surface area (Å²) in [5.41, 5.74) is 0.161. The zero-order valence-electron chi connectivity index (χ0n) is 8.98. The number of amides is 1. The van der Waals surface area contributed by atoms with E-state index >= 15 is 0 Å². The molecule has 0 unspecified atom stereocenters. The van der Waals surface area contributed by atoms with Crippen LogP contribution >= 0.6 is 11.6 Å². The molecule has 0 atom stereocenters. The number of benzene rings is 1. The van der Waals surface area contributed by atoms with Gasteiger partial charge in [0.15, 0.2) is 11.5 Å². The Morgan fingerprint density at radius 1 is 1.28 bits per heavy atom. The molecule has 2 rings (SSSR count). The third-order valence-electron chi connectivity index (χ3n) is 2.19. The smallest absolute Gasteiger partial charge is 0.355 e. The molecule has 0 saturated carbocycles. The number of carbonyl (C=O) groups is 2. The Hall–Kier alpha value is -2.34. The summed E-state index contributed by atoms with van der Waals surface area (Å²) in [5, 5.41) is 16.9. The Kier molecular flexibility index (Phi) is 3.29. The van der Waals surface area contributed by atoms with Crippen LogP contribution in [0.1, 0.15) is 20.8 Å². The third-order valence-corrected chi connectivity index (χ3v) is 2.56. The van der Waals surface area contributed by atoms with Gasteiger partial charge in [0, 0.05) is 5.56 Å². The SMILES string of the molecule is O=C(Nc1n[nH]c(C(=O)O)c1Cl)c1ccccc1. The number of aromatic amines is 1. The van der Waals surface area contributed by atoms with Gasteiger partial charge in [-0.3, -0.25) is 9.89 Å². The normalized spacial score (nSPS) is 10.1. The molecule has 2 aromatic rings. The van der Waals surface area contributed by atoms with Gasteiger partial charge in [0.05, 0.1) is 0 Å². The number of carboxylic acids is 1. The number of nitrogens with one attached hydrogen (secondary N) is 2. The van der Waals surface area contributed by atoms with Crippen LogP contribution in [0.15, 0.2) is 30.3 Å². The molecule has 92 valence electrons. The predicted octanol–water partition coefficient (Wildman–Crippen LogP) is 2.01. The molecule has 18 heavy (non-hydrogen) atoms. The maximum Gasteiger partial charge on any atom is 0.355 e. The van der Waals surface area contributed by atoms with Gasteiger partial charge in [-0.25, -0.2) is 4.79 Å². The maximum atomic E-state index is 11.8. The second-order valence-electron chi connectivity index (χ2n) is 3.39. The van der Waals surface area contributed by atoms with Crippen LogP contribution in [0, 0.1) is 0 Å². The van der Waals surface area contributed by atoms with Crippen LogP contribution < -0.4 is 5.32 Å².